The molecule has 54 heavy (non-hydrogen) atoms. The molecular formula is C29H39BFN8O12P3. The molecule has 25 heteroatoms. The zero-order valence-corrected chi connectivity index (χ0v) is 31.9. The molecule has 1 aromatic heterocycles. The first-order valence-corrected chi connectivity index (χ1v) is 18.1. The van der Waals surface area contributed by atoms with E-state index in [-0.39, 0.29) is 41.8 Å². The van der Waals surface area contributed by atoms with Crippen molar-refractivity contribution < 1.29 is 62.9 Å². The van der Waals surface area contributed by atoms with Crippen molar-refractivity contribution in [2.24, 2.45) is 5.10 Å². The zero-order valence-electron chi connectivity index (χ0n) is 28.9. The molecule has 3 atom stereocenters. The Morgan fingerprint density at radius 1 is 1.17 bits per heavy atom. The Morgan fingerprint density at radius 2 is 1.85 bits per heavy atom. The molecule has 2 aliphatic heterocycles. The summed E-state index contributed by atoms with van der Waals surface area (Å²) >= 11 is 0. The smallest absolute Gasteiger partial charge is 0.414 e. The summed E-state index contributed by atoms with van der Waals surface area (Å²) in [5.74, 6) is -0.0567. The number of nitrogens with zero attached hydrogens (tertiary/aromatic N) is 4. The second-order valence-corrected chi connectivity index (χ2v) is 13.5. The van der Waals surface area contributed by atoms with Gasteiger partial charge in [-0.2, -0.15) is 9.12 Å². The van der Waals surface area contributed by atoms with Gasteiger partial charge in [-0.25, -0.2) is 24.3 Å². The number of hydrogen-bond donors (Lipinski definition) is 6. The molecule has 5 rings (SSSR count). The van der Waals surface area contributed by atoms with E-state index in [2.05, 4.69) is 44.0 Å². The Bertz CT molecular complexity index is 1790. The van der Waals surface area contributed by atoms with Gasteiger partial charge in [-0.05, 0) is 48.4 Å². The Balaban J connectivity index is 0.00000133. The molecule has 2 radical (unpaired) electrons. The summed E-state index contributed by atoms with van der Waals surface area (Å²) in [6, 6.07) is 13.8. The average Bonchev–Trinajstić information content (AvgIpc) is 3.75. The minimum absolute atomic E-state index is 0. The third-order valence-electron chi connectivity index (χ3n) is 6.96. The van der Waals surface area contributed by atoms with Crippen molar-refractivity contribution in [3.63, 3.8) is 0 Å². The number of carbonyl (C=O) groups excluding carboxylic acids is 3. The van der Waals surface area contributed by atoms with E-state index in [0.717, 1.165) is 0 Å². The molecule has 0 bridgehead atoms. The highest BCUT2D eigenvalue weighted by Gasteiger charge is 2.34. The number of hydrazone groups is 1. The quantitative estimate of drug-likeness (QED) is 0.0965. The van der Waals surface area contributed by atoms with Crippen LogP contribution in [0.25, 0.3) is 11.1 Å². The molecule has 20 nitrogen and oxygen atoms in total. The minimum Gasteiger partial charge on any atom is -0.453 e. The van der Waals surface area contributed by atoms with Crippen LogP contribution in [0, 0.1) is 5.82 Å². The molecule has 2 unspecified atom stereocenters. The molecule has 2 aliphatic rings. The number of amides is 3. The van der Waals surface area contributed by atoms with E-state index in [4.69, 9.17) is 9.47 Å². The number of hydrogen-bond acceptors (Lipinski definition) is 13. The highest BCUT2D eigenvalue weighted by molar-refractivity contribution is 7.61. The molecular weight excluding hydrogens is 775 g/mol. The average molecular weight is 814 g/mol. The Labute approximate surface area is 313 Å². The maximum atomic E-state index is 15.1. The number of carbonyl (C=O) groups is 3. The number of rotatable bonds is 10. The molecule has 0 saturated carbocycles. The van der Waals surface area contributed by atoms with Crippen LogP contribution in [0.5, 0.6) is 0 Å². The number of amidine groups is 1. The topological polar surface area (TPSA) is 296 Å². The van der Waals surface area contributed by atoms with E-state index in [1.165, 1.54) is 61.7 Å². The van der Waals surface area contributed by atoms with Crippen LogP contribution in [0.4, 0.5) is 30.1 Å². The lowest BCUT2D eigenvalue weighted by atomic mass is 10.1. The molecule has 292 valence electrons. The number of halogens is 1. The van der Waals surface area contributed by atoms with Crippen LogP contribution in [0.3, 0.4) is 0 Å². The van der Waals surface area contributed by atoms with Crippen LogP contribution < -0.4 is 26.5 Å². The van der Waals surface area contributed by atoms with Gasteiger partial charge in [0.05, 0.1) is 26.9 Å². The fraction of sp³-hybridized carbons (Fsp3) is 0.276. The second kappa shape index (κ2) is 22.4. The van der Waals surface area contributed by atoms with Crippen LogP contribution in [0.15, 0.2) is 65.9 Å². The number of nitrogens with one attached hydrogen (secondary N) is 4. The van der Waals surface area contributed by atoms with Crippen molar-refractivity contribution in [1.82, 2.24) is 26.4 Å². The molecule has 2 aromatic carbocycles. The number of hydrazine groups is 2. The number of alkyl carbamates (subject to hydrolysis) is 1. The number of pyridine rings is 1. The lowest BCUT2D eigenvalue weighted by molar-refractivity contribution is 0.0798. The van der Waals surface area contributed by atoms with Crippen molar-refractivity contribution in [2.75, 3.05) is 44.6 Å². The third-order valence-corrected chi connectivity index (χ3v) is 9.53. The summed E-state index contributed by atoms with van der Waals surface area (Å²) in [5.41, 5.74) is 8.16. The lowest BCUT2D eigenvalue weighted by Crippen LogP contribution is -2.37. The highest BCUT2D eigenvalue weighted by atomic mass is 31.2. The molecule has 3 heterocycles. The number of aromatic nitrogens is 1. The summed E-state index contributed by atoms with van der Waals surface area (Å²) < 4.78 is 52.1. The predicted molar refractivity (Wildman–Crippen MR) is 201 cm³/mol. The molecule has 0 spiro atoms. The van der Waals surface area contributed by atoms with E-state index in [1.807, 2.05) is 9.12 Å². The van der Waals surface area contributed by atoms with Crippen LogP contribution in [0.1, 0.15) is 11.3 Å². The van der Waals surface area contributed by atoms with Crippen molar-refractivity contribution >= 4 is 68.2 Å². The van der Waals surface area contributed by atoms with Gasteiger partial charge < -0.3 is 40.3 Å². The first-order chi connectivity index (χ1) is 24.8. The van der Waals surface area contributed by atoms with Crippen LogP contribution in [-0.4, -0.2) is 108 Å². The number of ether oxygens (including phenoxy) is 3. The summed E-state index contributed by atoms with van der Waals surface area (Å²) in [7, 11) is 5.70. The van der Waals surface area contributed by atoms with Gasteiger partial charge in [-0.3, -0.25) is 29.8 Å². The lowest BCUT2D eigenvalue weighted by Gasteiger charge is -2.15. The summed E-state index contributed by atoms with van der Waals surface area (Å²) in [4.78, 5) is 58.6. The van der Waals surface area contributed by atoms with Crippen molar-refractivity contribution in [1.29, 1.82) is 0 Å². The SMILES string of the molecule is CN1NN=C(c2ccc(-c3ccc(N4C[C@H](COC(=O)Nc5ccc(CC(P=O)P(=O)(O)O)cc5)OC4=O)cc3F)cn2)N1.CNC(=O)OC.O.O.[B]P. The molecule has 3 aromatic rings. The summed E-state index contributed by atoms with van der Waals surface area (Å²) in [5, 5.41) is 9.01. The maximum absolute atomic E-state index is 15.1. The second-order valence-electron chi connectivity index (χ2n) is 10.5. The van der Waals surface area contributed by atoms with Gasteiger partial charge in [0.15, 0.2) is 20.4 Å². The van der Waals surface area contributed by atoms with E-state index < -0.39 is 51.7 Å². The first kappa shape index (κ1) is 47.2. The van der Waals surface area contributed by atoms with Crippen LogP contribution in [-0.2, 0) is 29.8 Å². The number of benzene rings is 2. The van der Waals surface area contributed by atoms with Crippen molar-refractivity contribution in [3.8, 4) is 11.1 Å². The fourth-order valence-corrected chi connectivity index (χ4v) is 5.67. The van der Waals surface area contributed by atoms with E-state index in [9.17, 15) is 33.3 Å². The van der Waals surface area contributed by atoms with E-state index in [1.54, 1.807) is 30.4 Å². The third kappa shape index (κ3) is 13.6. The van der Waals surface area contributed by atoms with Crippen LogP contribution in [0.2, 0.25) is 0 Å². The molecule has 3 amide bonds. The standard InChI is InChI=1S/C26H26FN7O8P2.C3H7NO2.BH2P.2H2O/c1-33-31-24(30-32-33)22-9-4-16(12-28-22)20-8-7-18(11-21(20)27)34-13-19(42-26(34)36)14-41-25(35)29-17-5-2-15(3-6-17)10-23(43-37)44(38,39)40;1-4-3(5)6-2;1-2;;/h2-9,11-12,19,23,32H,10,13-14H2,1H3,(H,29,35)(H,30,31)(H2,38,39,40);1-2H3,(H,4,5);2H2;2*1H2/t19-,23?;;;;/m1..../s1. The predicted octanol–water partition coefficient (Wildman–Crippen LogP) is 1.68. The van der Waals surface area contributed by atoms with Gasteiger partial charge in [0.25, 0.3) is 0 Å². The van der Waals surface area contributed by atoms with Gasteiger partial charge in [0.2, 0.25) is 0 Å². The molecule has 1 fully saturated rings. The Hall–Kier alpha value is -4.78. The highest BCUT2D eigenvalue weighted by Crippen LogP contribution is 2.48. The van der Waals surface area contributed by atoms with E-state index in [0.29, 0.717) is 28.3 Å². The first-order valence-electron chi connectivity index (χ1n) is 14.9. The Kier molecular flexibility index (Phi) is 19.6. The number of anilines is 2. The monoisotopic (exact) mass is 814 g/mol. The zero-order chi connectivity index (χ0) is 38.4. The van der Waals surface area contributed by atoms with Gasteiger partial charge in [0, 0.05) is 37.1 Å². The molecule has 1 saturated heterocycles. The van der Waals surface area contributed by atoms with Gasteiger partial charge in [-0.15, -0.1) is 10.2 Å². The maximum Gasteiger partial charge on any atom is 0.414 e. The Morgan fingerprint density at radius 3 is 2.35 bits per heavy atom. The summed E-state index contributed by atoms with van der Waals surface area (Å²) in [6.45, 7) is -0.240. The molecule has 10 N–H and O–H groups in total. The number of methoxy groups -OCH3 is 1. The normalized spacial score (nSPS) is 15.1. The summed E-state index contributed by atoms with van der Waals surface area (Å²) in [6.07, 6.45) is -1.36. The van der Waals surface area contributed by atoms with Crippen LogP contribution >= 0.6 is 25.2 Å². The number of cyclic esters (lactones) is 1. The van der Waals surface area contributed by atoms with Crippen molar-refractivity contribution in [3.05, 3.63) is 77.9 Å². The fourth-order valence-electron chi connectivity index (χ4n) is 4.44. The largest absolute Gasteiger partial charge is 0.453 e. The molecule has 0 aliphatic carbocycles. The van der Waals surface area contributed by atoms with Gasteiger partial charge in [0.1, 0.15) is 23.5 Å². The minimum atomic E-state index is -4.53. The van der Waals surface area contributed by atoms with Gasteiger partial charge in [-0.1, -0.05) is 18.2 Å². The van der Waals surface area contributed by atoms with E-state index >= 15 is 4.39 Å². The van der Waals surface area contributed by atoms with Crippen molar-refractivity contribution in [2.45, 2.75) is 17.9 Å². The van der Waals surface area contributed by atoms with Gasteiger partial charge >= 0.3 is 25.9 Å².